The van der Waals surface area contributed by atoms with Gasteiger partial charge in [-0.1, -0.05) is 26.7 Å². The first-order valence-corrected chi connectivity index (χ1v) is 6.64. The van der Waals surface area contributed by atoms with Gasteiger partial charge < -0.3 is 5.32 Å². The van der Waals surface area contributed by atoms with Gasteiger partial charge in [0.1, 0.15) is 0 Å². The topological polar surface area (TPSA) is 15.3 Å². The maximum Gasteiger partial charge on any atom is 0.0334 e. The first-order valence-electron chi connectivity index (χ1n) is 6.64. The smallest absolute Gasteiger partial charge is 0.0334 e. The summed E-state index contributed by atoms with van der Waals surface area (Å²) in [5, 5.41) is 3.80. The molecule has 1 aliphatic heterocycles. The lowest BCUT2D eigenvalue weighted by molar-refractivity contribution is 0.0163. The van der Waals surface area contributed by atoms with Crippen molar-refractivity contribution in [2.45, 2.75) is 64.0 Å². The zero-order chi connectivity index (χ0) is 10.9. The van der Waals surface area contributed by atoms with Crippen LogP contribution in [0.3, 0.4) is 0 Å². The minimum atomic E-state index is 0.351. The van der Waals surface area contributed by atoms with E-state index in [1.165, 1.54) is 51.7 Å². The van der Waals surface area contributed by atoms with Crippen LogP contribution in [0.1, 0.15) is 52.9 Å². The van der Waals surface area contributed by atoms with Crippen LogP contribution in [0.4, 0.5) is 0 Å². The highest BCUT2D eigenvalue weighted by Gasteiger charge is 2.45. The SMILES string of the molecule is CCN1CC(C)(CC)NCC12CCCC2. The summed E-state index contributed by atoms with van der Waals surface area (Å²) in [7, 11) is 0. The fourth-order valence-electron chi connectivity index (χ4n) is 3.34. The van der Waals surface area contributed by atoms with E-state index in [0.717, 1.165) is 0 Å². The molecule has 0 aromatic heterocycles. The van der Waals surface area contributed by atoms with Crippen LogP contribution in [0.15, 0.2) is 0 Å². The van der Waals surface area contributed by atoms with Crippen LogP contribution in [0.25, 0.3) is 0 Å². The Hall–Kier alpha value is -0.0800. The van der Waals surface area contributed by atoms with Crippen molar-refractivity contribution in [2.75, 3.05) is 19.6 Å². The van der Waals surface area contributed by atoms with Crippen molar-refractivity contribution in [3.8, 4) is 0 Å². The maximum absolute atomic E-state index is 3.80. The number of nitrogens with one attached hydrogen (secondary N) is 1. The summed E-state index contributed by atoms with van der Waals surface area (Å²) < 4.78 is 0. The Labute approximate surface area is 94.4 Å². The van der Waals surface area contributed by atoms with Crippen molar-refractivity contribution in [1.29, 1.82) is 0 Å². The third kappa shape index (κ3) is 1.94. The van der Waals surface area contributed by atoms with Gasteiger partial charge in [-0.3, -0.25) is 4.90 Å². The summed E-state index contributed by atoms with van der Waals surface area (Å²) in [6.07, 6.45) is 6.92. The van der Waals surface area contributed by atoms with E-state index in [1.54, 1.807) is 0 Å². The molecule has 2 aliphatic rings. The van der Waals surface area contributed by atoms with Gasteiger partial charge in [0.2, 0.25) is 0 Å². The van der Waals surface area contributed by atoms with Crippen LogP contribution in [-0.4, -0.2) is 35.6 Å². The molecule has 1 saturated heterocycles. The Balaban J connectivity index is 2.11. The van der Waals surface area contributed by atoms with Gasteiger partial charge in [-0.25, -0.2) is 0 Å². The Bertz CT molecular complexity index is 221. The fraction of sp³-hybridized carbons (Fsp3) is 1.00. The van der Waals surface area contributed by atoms with Crippen molar-refractivity contribution in [3.63, 3.8) is 0 Å². The first-order chi connectivity index (χ1) is 7.14. The third-order valence-corrected chi connectivity index (χ3v) is 4.75. The zero-order valence-electron chi connectivity index (χ0n) is 10.6. The summed E-state index contributed by atoms with van der Waals surface area (Å²) in [6, 6.07) is 0. The van der Waals surface area contributed by atoms with Gasteiger partial charge in [0, 0.05) is 24.2 Å². The molecule has 2 nitrogen and oxygen atoms in total. The molecule has 1 heterocycles. The van der Waals surface area contributed by atoms with E-state index in [1.807, 2.05) is 0 Å². The second kappa shape index (κ2) is 4.06. The highest BCUT2D eigenvalue weighted by atomic mass is 15.3. The van der Waals surface area contributed by atoms with E-state index in [-0.39, 0.29) is 0 Å². The highest BCUT2D eigenvalue weighted by molar-refractivity contribution is 5.05. The van der Waals surface area contributed by atoms with E-state index in [9.17, 15) is 0 Å². The Morgan fingerprint density at radius 3 is 2.40 bits per heavy atom. The van der Waals surface area contributed by atoms with Gasteiger partial charge in [-0.2, -0.15) is 0 Å². The monoisotopic (exact) mass is 210 g/mol. The molecule has 1 unspecified atom stereocenters. The molecule has 88 valence electrons. The van der Waals surface area contributed by atoms with Crippen LogP contribution in [0.2, 0.25) is 0 Å². The standard InChI is InChI=1S/C13H26N2/c1-4-12(3)11-15(5-2)13(10-14-12)8-6-7-9-13/h14H,4-11H2,1-3H3. The number of piperazine rings is 1. The molecule has 1 atom stereocenters. The maximum atomic E-state index is 3.80. The van der Waals surface area contributed by atoms with Crippen LogP contribution < -0.4 is 5.32 Å². The van der Waals surface area contributed by atoms with Crippen molar-refractivity contribution in [3.05, 3.63) is 0 Å². The summed E-state index contributed by atoms with van der Waals surface area (Å²) >= 11 is 0. The Morgan fingerprint density at radius 2 is 1.87 bits per heavy atom. The predicted molar refractivity (Wildman–Crippen MR) is 65.1 cm³/mol. The molecular formula is C13H26N2. The number of nitrogens with zero attached hydrogens (tertiary/aromatic N) is 1. The fourth-order valence-corrected chi connectivity index (χ4v) is 3.34. The molecule has 1 aliphatic carbocycles. The first kappa shape index (κ1) is 11.4. The van der Waals surface area contributed by atoms with Crippen molar-refractivity contribution in [1.82, 2.24) is 10.2 Å². The molecule has 0 amide bonds. The van der Waals surface area contributed by atoms with Gasteiger partial charge in [0.25, 0.3) is 0 Å². The quantitative estimate of drug-likeness (QED) is 0.753. The minimum Gasteiger partial charge on any atom is -0.308 e. The van der Waals surface area contributed by atoms with Gasteiger partial charge in [0.15, 0.2) is 0 Å². The molecule has 0 aromatic carbocycles. The van der Waals surface area contributed by atoms with Crippen LogP contribution >= 0.6 is 0 Å². The van der Waals surface area contributed by atoms with Crippen molar-refractivity contribution < 1.29 is 0 Å². The highest BCUT2D eigenvalue weighted by Crippen LogP contribution is 2.38. The predicted octanol–water partition coefficient (Wildman–Crippen LogP) is 2.39. The summed E-state index contributed by atoms with van der Waals surface area (Å²) in [5.41, 5.74) is 0.868. The number of hydrogen-bond donors (Lipinski definition) is 1. The largest absolute Gasteiger partial charge is 0.308 e. The minimum absolute atomic E-state index is 0.351. The Morgan fingerprint density at radius 1 is 1.20 bits per heavy atom. The third-order valence-electron chi connectivity index (χ3n) is 4.75. The second-order valence-electron chi connectivity index (χ2n) is 5.71. The van der Waals surface area contributed by atoms with Crippen LogP contribution in [0, 0.1) is 0 Å². The van der Waals surface area contributed by atoms with Gasteiger partial charge in [-0.15, -0.1) is 0 Å². The number of likely N-dealkylation sites (N-methyl/N-ethyl adjacent to an activating group) is 1. The van der Waals surface area contributed by atoms with E-state index in [2.05, 4.69) is 31.0 Å². The van der Waals surface area contributed by atoms with Crippen LogP contribution in [0.5, 0.6) is 0 Å². The van der Waals surface area contributed by atoms with Gasteiger partial charge in [-0.05, 0) is 32.7 Å². The van der Waals surface area contributed by atoms with Crippen LogP contribution in [-0.2, 0) is 0 Å². The molecule has 1 spiro atoms. The molecule has 0 aromatic rings. The van der Waals surface area contributed by atoms with E-state index in [0.29, 0.717) is 11.1 Å². The van der Waals surface area contributed by atoms with E-state index >= 15 is 0 Å². The zero-order valence-corrected chi connectivity index (χ0v) is 10.6. The van der Waals surface area contributed by atoms with Gasteiger partial charge >= 0.3 is 0 Å². The lowest BCUT2D eigenvalue weighted by atomic mass is 9.85. The van der Waals surface area contributed by atoms with E-state index in [4.69, 9.17) is 0 Å². The molecular weight excluding hydrogens is 184 g/mol. The molecule has 0 radical (unpaired) electrons. The van der Waals surface area contributed by atoms with E-state index < -0.39 is 0 Å². The average molecular weight is 210 g/mol. The molecule has 2 heteroatoms. The van der Waals surface area contributed by atoms with Gasteiger partial charge in [0.05, 0.1) is 0 Å². The number of hydrogen-bond acceptors (Lipinski definition) is 2. The molecule has 15 heavy (non-hydrogen) atoms. The molecule has 0 bridgehead atoms. The normalized spacial score (nSPS) is 36.2. The number of rotatable bonds is 2. The lowest BCUT2D eigenvalue weighted by Crippen LogP contribution is -2.68. The van der Waals surface area contributed by atoms with Crippen molar-refractivity contribution in [2.24, 2.45) is 0 Å². The summed E-state index contributed by atoms with van der Waals surface area (Å²) in [6.45, 7) is 10.7. The molecule has 2 rings (SSSR count). The molecule has 1 N–H and O–H groups in total. The summed E-state index contributed by atoms with van der Waals surface area (Å²) in [4.78, 5) is 2.75. The summed E-state index contributed by atoms with van der Waals surface area (Å²) in [5.74, 6) is 0. The lowest BCUT2D eigenvalue weighted by Gasteiger charge is -2.52. The Kier molecular flexibility index (Phi) is 3.09. The molecule has 1 saturated carbocycles. The molecule has 2 fully saturated rings. The average Bonchev–Trinajstić information content (AvgIpc) is 2.72. The van der Waals surface area contributed by atoms with Crippen molar-refractivity contribution >= 4 is 0 Å². The second-order valence-corrected chi connectivity index (χ2v) is 5.71.